The molecule has 2 heterocycles. The molecular weight excluding hydrogens is 352 g/mol. The van der Waals surface area contributed by atoms with E-state index in [1.165, 1.54) is 17.4 Å². The highest BCUT2D eigenvalue weighted by Crippen LogP contribution is 2.31. The maximum Gasteiger partial charge on any atom is 0.265 e. The number of aryl methyl sites for hydroxylation is 1. The van der Waals surface area contributed by atoms with Crippen LogP contribution in [0.3, 0.4) is 0 Å². The number of benzene rings is 2. The minimum Gasteiger partial charge on any atom is -0.302 e. The Hall–Kier alpha value is -3.26. The number of H-pyrrole nitrogens is 1. The lowest BCUT2D eigenvalue weighted by Crippen LogP contribution is -2.29. The number of hydrogen-bond acceptors (Lipinski definition) is 5. The van der Waals surface area contributed by atoms with E-state index in [0.717, 1.165) is 31.7 Å². The number of thiazole rings is 1. The molecule has 26 heavy (non-hydrogen) atoms. The number of anilines is 1. The van der Waals surface area contributed by atoms with E-state index in [1.807, 2.05) is 36.4 Å². The Bertz CT molecular complexity index is 1240. The van der Waals surface area contributed by atoms with E-state index in [0.29, 0.717) is 5.13 Å². The molecule has 2 aromatic carbocycles. The van der Waals surface area contributed by atoms with Gasteiger partial charge in [-0.25, -0.2) is 9.67 Å². The second-order valence-electron chi connectivity index (χ2n) is 5.75. The summed E-state index contributed by atoms with van der Waals surface area (Å²) in [7, 11) is 0. The smallest absolute Gasteiger partial charge is 0.265 e. The maximum absolute atomic E-state index is 12.2. The van der Waals surface area contributed by atoms with Crippen LogP contribution in [0.4, 0.5) is 5.13 Å². The number of amides is 1. The molecule has 0 saturated heterocycles. The summed E-state index contributed by atoms with van der Waals surface area (Å²) < 4.78 is 2.11. The summed E-state index contributed by atoms with van der Waals surface area (Å²) in [5, 5.41) is 7.79. The molecule has 0 spiro atoms. The third kappa shape index (κ3) is 3.14. The zero-order valence-corrected chi connectivity index (χ0v) is 14.4. The topological polar surface area (TPSA) is 96.9 Å². The first-order valence-electron chi connectivity index (χ1n) is 7.98. The number of carbonyl (C=O) groups excluding carboxylic acids is 1. The van der Waals surface area contributed by atoms with Gasteiger partial charge in [0, 0.05) is 23.9 Å². The van der Waals surface area contributed by atoms with Crippen LogP contribution in [0.1, 0.15) is 6.42 Å². The minimum atomic E-state index is -0.386. The fourth-order valence-corrected chi connectivity index (χ4v) is 3.64. The molecule has 130 valence electrons. The number of fused-ring (bicyclic) bond motifs is 3. The fraction of sp³-hybridized carbons (Fsp3) is 0.111. The second-order valence-corrected chi connectivity index (χ2v) is 6.78. The largest absolute Gasteiger partial charge is 0.302 e. The van der Waals surface area contributed by atoms with Crippen LogP contribution in [0.25, 0.3) is 21.0 Å². The lowest BCUT2D eigenvalue weighted by Gasteiger charge is -2.04. The Labute approximate surface area is 150 Å². The van der Waals surface area contributed by atoms with Gasteiger partial charge in [0.2, 0.25) is 5.91 Å². The zero-order valence-electron chi connectivity index (χ0n) is 13.6. The number of hydrogen-bond donors (Lipinski definition) is 2. The van der Waals surface area contributed by atoms with Crippen molar-refractivity contribution < 1.29 is 4.79 Å². The van der Waals surface area contributed by atoms with E-state index in [1.54, 1.807) is 0 Å². The van der Waals surface area contributed by atoms with Crippen molar-refractivity contribution in [1.29, 1.82) is 0 Å². The van der Waals surface area contributed by atoms with Gasteiger partial charge in [0.25, 0.3) is 11.1 Å². The highest BCUT2D eigenvalue weighted by Gasteiger charge is 2.10. The summed E-state index contributed by atoms with van der Waals surface area (Å²) in [6.45, 7) is 0.0918. The van der Waals surface area contributed by atoms with E-state index in [-0.39, 0.29) is 30.0 Å². The molecule has 0 aliphatic rings. The van der Waals surface area contributed by atoms with Crippen LogP contribution in [0.2, 0.25) is 0 Å². The van der Waals surface area contributed by atoms with Crippen molar-refractivity contribution in [2.75, 3.05) is 5.32 Å². The van der Waals surface area contributed by atoms with Gasteiger partial charge in [-0.1, -0.05) is 41.7 Å². The van der Waals surface area contributed by atoms with Gasteiger partial charge in [-0.2, -0.15) is 0 Å². The van der Waals surface area contributed by atoms with E-state index in [2.05, 4.69) is 15.4 Å². The van der Waals surface area contributed by atoms with E-state index in [9.17, 15) is 14.4 Å². The van der Waals surface area contributed by atoms with Gasteiger partial charge in [0.1, 0.15) is 0 Å². The van der Waals surface area contributed by atoms with Crippen LogP contribution in [0.15, 0.2) is 58.1 Å². The second kappa shape index (κ2) is 6.57. The summed E-state index contributed by atoms with van der Waals surface area (Å²) in [4.78, 5) is 39.6. The zero-order chi connectivity index (χ0) is 18.1. The maximum atomic E-state index is 12.2. The Morgan fingerprint density at radius 2 is 1.96 bits per heavy atom. The van der Waals surface area contributed by atoms with Gasteiger partial charge >= 0.3 is 0 Å². The fourth-order valence-electron chi connectivity index (χ4n) is 2.74. The van der Waals surface area contributed by atoms with Gasteiger partial charge in [0.15, 0.2) is 5.13 Å². The van der Waals surface area contributed by atoms with Gasteiger partial charge in [-0.05, 0) is 11.5 Å². The van der Waals surface area contributed by atoms with Crippen molar-refractivity contribution in [3.63, 3.8) is 0 Å². The summed E-state index contributed by atoms with van der Waals surface area (Å²) in [6, 6.07) is 14.3. The molecule has 4 rings (SSSR count). The predicted octanol–water partition coefficient (Wildman–Crippen LogP) is 2.33. The normalized spacial score (nSPS) is 11.1. The summed E-state index contributed by atoms with van der Waals surface area (Å²) in [5.41, 5.74) is 0.110. The van der Waals surface area contributed by atoms with Gasteiger partial charge in [-0.15, -0.1) is 0 Å². The van der Waals surface area contributed by atoms with E-state index in [4.69, 9.17) is 0 Å². The van der Waals surface area contributed by atoms with Gasteiger partial charge < -0.3 is 5.32 Å². The van der Waals surface area contributed by atoms with Gasteiger partial charge in [-0.3, -0.25) is 19.5 Å². The number of nitrogens with one attached hydrogen (secondary N) is 2. The first kappa shape index (κ1) is 16.2. The Kier molecular flexibility index (Phi) is 4.10. The molecule has 0 atom stereocenters. The van der Waals surface area contributed by atoms with Crippen LogP contribution < -0.4 is 16.4 Å². The van der Waals surface area contributed by atoms with Gasteiger partial charge in [0.05, 0.1) is 16.8 Å². The minimum absolute atomic E-state index is 0.0521. The van der Waals surface area contributed by atoms with Crippen molar-refractivity contribution in [1.82, 2.24) is 14.8 Å². The average molecular weight is 366 g/mol. The van der Waals surface area contributed by atoms with Crippen molar-refractivity contribution in [3.8, 4) is 0 Å². The van der Waals surface area contributed by atoms with Crippen LogP contribution in [0.5, 0.6) is 0 Å². The molecule has 0 unspecified atom stereocenters. The third-order valence-electron chi connectivity index (χ3n) is 3.98. The molecular formula is C18H14N4O3S. The average Bonchev–Trinajstić information content (AvgIpc) is 3.05. The number of aromatic nitrogens is 3. The molecule has 0 aliphatic carbocycles. The highest BCUT2D eigenvalue weighted by atomic mass is 32.1. The molecule has 0 radical (unpaired) electrons. The Morgan fingerprint density at radius 1 is 1.12 bits per heavy atom. The van der Waals surface area contributed by atoms with Crippen molar-refractivity contribution in [3.05, 3.63) is 69.2 Å². The number of aromatic amines is 1. The van der Waals surface area contributed by atoms with Crippen molar-refractivity contribution in [2.24, 2.45) is 0 Å². The molecule has 0 aliphatic heterocycles. The lowest BCUT2D eigenvalue weighted by atomic mass is 10.1. The molecule has 2 aromatic heterocycles. The quantitative estimate of drug-likeness (QED) is 0.579. The van der Waals surface area contributed by atoms with Crippen molar-refractivity contribution >= 4 is 43.4 Å². The molecule has 0 saturated carbocycles. The SMILES string of the molecule is O=C(CCn1[nH]c(=O)ccc1=O)Nc1nc2c(ccc3ccccc32)s1. The molecule has 2 N–H and O–H groups in total. The first-order chi connectivity index (χ1) is 12.6. The summed E-state index contributed by atoms with van der Waals surface area (Å²) in [5.74, 6) is -0.273. The Morgan fingerprint density at radius 3 is 2.85 bits per heavy atom. The number of carbonyl (C=O) groups is 1. The van der Waals surface area contributed by atoms with E-state index < -0.39 is 0 Å². The third-order valence-corrected chi connectivity index (χ3v) is 4.92. The van der Waals surface area contributed by atoms with Crippen molar-refractivity contribution in [2.45, 2.75) is 13.0 Å². The molecule has 0 fully saturated rings. The molecule has 8 heteroatoms. The number of rotatable bonds is 4. The molecule has 1 amide bonds. The first-order valence-corrected chi connectivity index (χ1v) is 8.80. The molecule has 0 bridgehead atoms. The van der Waals surface area contributed by atoms with Crippen LogP contribution in [-0.2, 0) is 11.3 Å². The van der Waals surface area contributed by atoms with Crippen LogP contribution >= 0.6 is 11.3 Å². The molecule has 4 aromatic rings. The predicted molar refractivity (Wildman–Crippen MR) is 102 cm³/mol. The Balaban J connectivity index is 1.52. The van der Waals surface area contributed by atoms with E-state index >= 15 is 0 Å². The summed E-state index contributed by atoms with van der Waals surface area (Å²) in [6.07, 6.45) is 0.0521. The highest BCUT2D eigenvalue weighted by molar-refractivity contribution is 7.22. The summed E-state index contributed by atoms with van der Waals surface area (Å²) >= 11 is 1.40. The monoisotopic (exact) mass is 366 g/mol. The lowest BCUT2D eigenvalue weighted by molar-refractivity contribution is -0.116. The number of nitrogens with zero attached hydrogens (tertiary/aromatic N) is 2. The van der Waals surface area contributed by atoms with Crippen LogP contribution in [-0.4, -0.2) is 20.7 Å². The standard InChI is InChI=1S/C18H14N4O3S/c23-14(9-10-22-16(25)8-7-15(24)21-22)19-18-20-17-12-4-2-1-3-11(12)5-6-13(17)26-18/h1-8H,9-10H2,(H,21,24)(H,19,20,23). The molecule has 7 nitrogen and oxygen atoms in total. The van der Waals surface area contributed by atoms with Crippen LogP contribution in [0, 0.1) is 0 Å².